The minimum atomic E-state index is -2.43. The van der Waals surface area contributed by atoms with Gasteiger partial charge in [-0.15, -0.1) is 4.52 Å². The van der Waals surface area contributed by atoms with Crippen LogP contribution in [0.15, 0.2) is 84.7 Å². The molecule has 2 aromatic carbocycles. The van der Waals surface area contributed by atoms with E-state index in [0.29, 0.717) is 17.9 Å². The van der Waals surface area contributed by atoms with Crippen molar-refractivity contribution in [2.24, 2.45) is 0 Å². The van der Waals surface area contributed by atoms with Crippen LogP contribution in [0.4, 0.5) is 4.79 Å². The highest BCUT2D eigenvalue weighted by Gasteiger charge is 2.37. The van der Waals surface area contributed by atoms with Crippen molar-refractivity contribution in [3.63, 3.8) is 0 Å². The van der Waals surface area contributed by atoms with Crippen LogP contribution in [-0.2, 0) is 25.2 Å². The molecule has 1 N–H and O–H groups in total. The molecule has 0 saturated carbocycles. The molecule has 3 rings (SSSR count). The summed E-state index contributed by atoms with van der Waals surface area (Å²) >= 11 is 0. The largest absolute Gasteiger partial charge is 0.750 e. The fourth-order valence-corrected chi connectivity index (χ4v) is 3.45. The van der Waals surface area contributed by atoms with Crippen molar-refractivity contribution in [2.45, 2.75) is 18.6 Å². The number of methoxy groups -OCH3 is 1. The average Bonchev–Trinajstić information content (AvgIpc) is 2.78. The molecule has 0 saturated heterocycles. The summed E-state index contributed by atoms with van der Waals surface area (Å²) in [5.74, 6) is 1.10. The van der Waals surface area contributed by atoms with Gasteiger partial charge in [0.2, 0.25) is 0 Å². The van der Waals surface area contributed by atoms with E-state index in [1.165, 1.54) is 0 Å². The quantitative estimate of drug-likeness (QED) is 0.573. The number of alkyl carbamates (subject to hydrolysis) is 1. The lowest BCUT2D eigenvalue weighted by Gasteiger charge is -2.30. The van der Waals surface area contributed by atoms with Gasteiger partial charge >= 0.3 is 14.3 Å². The zero-order valence-electron chi connectivity index (χ0n) is 16.5. The Morgan fingerprint density at radius 3 is 2.43 bits per heavy atom. The van der Waals surface area contributed by atoms with Gasteiger partial charge in [0.05, 0.1) is 12.6 Å². The standard InChI is InChI=1S/C22H22NO6P/c1-26-19-12-14-22(15-13-19,17-28-30(25)29-20-10-6-3-7-11-20)23-21(24)27-16-18-8-4-2-5-9-18/h2-14H,15-17H2,1H3/p+1. The summed E-state index contributed by atoms with van der Waals surface area (Å²) in [6.45, 7) is 0.0668. The van der Waals surface area contributed by atoms with Gasteiger partial charge in [-0.25, -0.2) is 9.32 Å². The molecule has 1 amide bonds. The van der Waals surface area contributed by atoms with E-state index >= 15 is 0 Å². The Labute approximate surface area is 176 Å². The molecule has 2 atom stereocenters. The lowest BCUT2D eigenvalue weighted by molar-refractivity contribution is 0.120. The molecule has 0 aliphatic heterocycles. The van der Waals surface area contributed by atoms with Gasteiger partial charge in [-0.1, -0.05) is 54.6 Å². The molecule has 156 valence electrons. The summed E-state index contributed by atoms with van der Waals surface area (Å²) in [7, 11) is -0.864. The van der Waals surface area contributed by atoms with E-state index < -0.39 is 19.9 Å². The molecule has 0 radical (unpaired) electrons. The Hall–Kier alpha value is -3.15. The van der Waals surface area contributed by atoms with Crippen LogP contribution in [0.25, 0.3) is 0 Å². The second kappa shape index (κ2) is 10.6. The van der Waals surface area contributed by atoms with Crippen LogP contribution in [0.5, 0.6) is 5.75 Å². The topological polar surface area (TPSA) is 83.1 Å². The second-order valence-electron chi connectivity index (χ2n) is 6.59. The minimum Gasteiger partial charge on any atom is -0.497 e. The predicted octanol–water partition coefficient (Wildman–Crippen LogP) is 4.89. The van der Waals surface area contributed by atoms with Gasteiger partial charge in [0.25, 0.3) is 0 Å². The van der Waals surface area contributed by atoms with Crippen LogP contribution in [-0.4, -0.2) is 25.3 Å². The summed E-state index contributed by atoms with van der Waals surface area (Å²) in [5, 5.41) is 2.81. The summed E-state index contributed by atoms with van der Waals surface area (Å²) in [5.41, 5.74) is -0.0704. The first kappa shape index (κ1) is 21.6. The maximum absolute atomic E-state index is 12.4. The van der Waals surface area contributed by atoms with Crippen molar-refractivity contribution >= 4 is 14.3 Å². The van der Waals surface area contributed by atoms with E-state index in [9.17, 15) is 9.36 Å². The molecule has 7 nitrogen and oxygen atoms in total. The molecule has 0 aromatic heterocycles. The van der Waals surface area contributed by atoms with Gasteiger partial charge in [0.1, 0.15) is 19.0 Å². The van der Waals surface area contributed by atoms with Crippen LogP contribution >= 0.6 is 8.25 Å². The Bertz CT molecular complexity index is 916. The molecule has 2 aromatic rings. The van der Waals surface area contributed by atoms with Crippen molar-refractivity contribution in [1.82, 2.24) is 5.32 Å². The van der Waals surface area contributed by atoms with Gasteiger partial charge in [-0.2, -0.15) is 0 Å². The third-order valence-corrected chi connectivity index (χ3v) is 5.08. The van der Waals surface area contributed by atoms with Crippen LogP contribution in [0, 0.1) is 0 Å². The predicted molar refractivity (Wildman–Crippen MR) is 112 cm³/mol. The SMILES string of the molecule is COC1=CCC(CO[P+](=O)Oc2ccccc2)(NC(=O)OCc2ccccc2)C=C1. The van der Waals surface area contributed by atoms with Gasteiger partial charge in [-0.05, 0) is 36.3 Å². The molecular weight excluding hydrogens is 405 g/mol. The Morgan fingerprint density at radius 2 is 1.80 bits per heavy atom. The number of para-hydroxylation sites is 1. The first-order valence-electron chi connectivity index (χ1n) is 9.34. The second-order valence-corrected chi connectivity index (χ2v) is 7.48. The van der Waals surface area contributed by atoms with Gasteiger partial charge < -0.3 is 14.8 Å². The molecule has 0 spiro atoms. The number of amides is 1. The lowest BCUT2D eigenvalue weighted by atomic mass is 9.92. The third-order valence-electron chi connectivity index (χ3n) is 4.38. The smallest absolute Gasteiger partial charge is 0.497 e. The summed E-state index contributed by atoms with van der Waals surface area (Å²) in [6.07, 6.45) is 5.03. The molecule has 1 aliphatic carbocycles. The Balaban J connectivity index is 1.59. The molecule has 30 heavy (non-hydrogen) atoms. The molecule has 8 heteroatoms. The highest BCUT2D eigenvalue weighted by molar-refractivity contribution is 7.33. The molecule has 2 unspecified atom stereocenters. The molecule has 0 heterocycles. The minimum absolute atomic E-state index is 0.0700. The normalized spacial score (nSPS) is 18.2. The number of rotatable bonds is 9. The fraction of sp³-hybridized carbons (Fsp3) is 0.227. The zero-order chi connectivity index (χ0) is 21.2. The van der Waals surface area contributed by atoms with Crippen molar-refractivity contribution in [2.75, 3.05) is 13.7 Å². The molecule has 0 fully saturated rings. The fourth-order valence-electron chi connectivity index (χ4n) is 2.77. The highest BCUT2D eigenvalue weighted by Crippen LogP contribution is 2.31. The number of nitrogens with one attached hydrogen (secondary N) is 1. The highest BCUT2D eigenvalue weighted by atomic mass is 31.1. The number of allylic oxidation sites excluding steroid dienone is 1. The van der Waals surface area contributed by atoms with E-state index in [4.69, 9.17) is 18.5 Å². The van der Waals surface area contributed by atoms with E-state index in [-0.39, 0.29) is 13.2 Å². The number of ether oxygens (including phenoxy) is 2. The van der Waals surface area contributed by atoms with Crippen LogP contribution in [0.3, 0.4) is 0 Å². The van der Waals surface area contributed by atoms with Crippen molar-refractivity contribution in [3.8, 4) is 5.75 Å². The monoisotopic (exact) mass is 428 g/mol. The Kier molecular flexibility index (Phi) is 7.60. The van der Waals surface area contributed by atoms with Crippen LogP contribution in [0.2, 0.25) is 0 Å². The van der Waals surface area contributed by atoms with Crippen molar-refractivity contribution < 1.29 is 27.9 Å². The van der Waals surface area contributed by atoms with Crippen molar-refractivity contribution in [1.29, 1.82) is 0 Å². The van der Waals surface area contributed by atoms with E-state index in [2.05, 4.69) is 5.32 Å². The number of hydrogen-bond acceptors (Lipinski definition) is 6. The zero-order valence-corrected chi connectivity index (χ0v) is 17.4. The average molecular weight is 428 g/mol. The summed E-state index contributed by atoms with van der Waals surface area (Å²) in [6, 6.07) is 18.1. The number of hydrogen-bond donors (Lipinski definition) is 1. The number of benzene rings is 2. The number of carbonyl (C=O) groups excluding carboxylic acids is 1. The van der Waals surface area contributed by atoms with Crippen LogP contribution < -0.4 is 9.84 Å². The van der Waals surface area contributed by atoms with E-state index in [0.717, 1.165) is 5.56 Å². The molecule has 1 aliphatic rings. The van der Waals surface area contributed by atoms with Crippen molar-refractivity contribution in [3.05, 3.63) is 90.2 Å². The maximum atomic E-state index is 12.4. The summed E-state index contributed by atoms with van der Waals surface area (Å²) in [4.78, 5) is 12.4. The first-order chi connectivity index (χ1) is 14.6. The molecule has 0 bridgehead atoms. The Morgan fingerprint density at radius 1 is 1.10 bits per heavy atom. The van der Waals surface area contributed by atoms with E-state index in [1.54, 1.807) is 43.5 Å². The number of carbonyl (C=O) groups is 1. The summed E-state index contributed by atoms with van der Waals surface area (Å²) < 4.78 is 33.4. The molecular formula is C22H23NO6P+. The van der Waals surface area contributed by atoms with E-state index in [1.807, 2.05) is 42.5 Å². The first-order valence-corrected chi connectivity index (χ1v) is 10.4. The third kappa shape index (κ3) is 6.44. The lowest BCUT2D eigenvalue weighted by Crippen LogP contribution is -2.50. The van der Waals surface area contributed by atoms with Crippen LogP contribution in [0.1, 0.15) is 12.0 Å². The van der Waals surface area contributed by atoms with Gasteiger partial charge in [-0.3, -0.25) is 0 Å². The maximum Gasteiger partial charge on any atom is 0.750 e. The van der Waals surface area contributed by atoms with Gasteiger partial charge in [0, 0.05) is 4.57 Å². The van der Waals surface area contributed by atoms with Gasteiger partial charge in [0.15, 0.2) is 5.75 Å².